The molecule has 3 N–H and O–H groups in total. The third kappa shape index (κ3) is 2.81. The first-order valence-electron chi connectivity index (χ1n) is 5.77. The summed E-state index contributed by atoms with van der Waals surface area (Å²) in [7, 11) is 1.69. The second-order valence-electron chi connectivity index (χ2n) is 4.25. The van der Waals surface area contributed by atoms with Crippen LogP contribution in [0.3, 0.4) is 0 Å². The van der Waals surface area contributed by atoms with Gasteiger partial charge in [-0.3, -0.25) is 0 Å². The summed E-state index contributed by atoms with van der Waals surface area (Å²) >= 11 is 0. The number of imidazole rings is 1. The van der Waals surface area contributed by atoms with Gasteiger partial charge in [0.2, 0.25) is 0 Å². The number of fused-ring (bicyclic) bond motifs is 1. The zero-order valence-electron chi connectivity index (χ0n) is 10.2. The molecule has 2 aromatic rings. The summed E-state index contributed by atoms with van der Waals surface area (Å²) in [5, 5.41) is 0. The van der Waals surface area contributed by atoms with Crippen LogP contribution in [0.2, 0.25) is 0 Å². The van der Waals surface area contributed by atoms with Crippen molar-refractivity contribution in [2.45, 2.75) is 25.8 Å². The van der Waals surface area contributed by atoms with Crippen molar-refractivity contribution in [2.24, 2.45) is 5.73 Å². The Morgan fingerprint density at radius 1 is 1.53 bits per heavy atom. The Balaban J connectivity index is 2.12. The maximum absolute atomic E-state index is 6.06. The van der Waals surface area contributed by atoms with Crippen LogP contribution in [0.4, 0.5) is 0 Å². The average molecular weight is 234 g/mol. The Bertz CT molecular complexity index is 494. The third-order valence-electron chi connectivity index (χ3n) is 2.71. The molecule has 0 spiro atoms. The molecule has 0 fully saturated rings. The molecule has 2 aromatic heterocycles. The van der Waals surface area contributed by atoms with Gasteiger partial charge in [-0.25, -0.2) is 9.97 Å². The van der Waals surface area contributed by atoms with E-state index in [0.29, 0.717) is 0 Å². The van der Waals surface area contributed by atoms with E-state index in [9.17, 15) is 0 Å². The lowest BCUT2D eigenvalue weighted by molar-refractivity contribution is 0.190. The first-order valence-corrected chi connectivity index (χ1v) is 5.77. The molecule has 0 amide bonds. The smallest absolute Gasteiger partial charge is 0.177 e. The molecule has 0 aliphatic rings. The fourth-order valence-corrected chi connectivity index (χ4v) is 1.78. The molecule has 5 heteroatoms. The number of aromatic nitrogens is 3. The fourth-order valence-electron chi connectivity index (χ4n) is 1.78. The van der Waals surface area contributed by atoms with Crippen LogP contribution in [-0.4, -0.2) is 28.7 Å². The molecule has 0 aliphatic heterocycles. The van der Waals surface area contributed by atoms with Crippen LogP contribution < -0.4 is 5.73 Å². The third-order valence-corrected chi connectivity index (χ3v) is 2.71. The number of nitrogens with zero attached hydrogens (tertiary/aromatic N) is 2. The van der Waals surface area contributed by atoms with Crippen molar-refractivity contribution >= 4 is 11.2 Å². The van der Waals surface area contributed by atoms with Gasteiger partial charge in [-0.05, 0) is 31.4 Å². The van der Waals surface area contributed by atoms with Crippen LogP contribution in [0.25, 0.3) is 11.2 Å². The number of aromatic amines is 1. The van der Waals surface area contributed by atoms with E-state index in [2.05, 4.69) is 15.0 Å². The highest BCUT2D eigenvalue weighted by atomic mass is 16.5. The van der Waals surface area contributed by atoms with Gasteiger partial charge in [0.15, 0.2) is 5.65 Å². The summed E-state index contributed by atoms with van der Waals surface area (Å²) in [6.45, 7) is 2.73. The Labute approximate surface area is 100 Å². The van der Waals surface area contributed by atoms with Gasteiger partial charge in [-0.15, -0.1) is 0 Å². The quantitative estimate of drug-likeness (QED) is 0.772. The van der Waals surface area contributed by atoms with Crippen molar-refractivity contribution < 1.29 is 4.74 Å². The van der Waals surface area contributed by atoms with Crippen LogP contribution >= 0.6 is 0 Å². The normalized spacial score (nSPS) is 13.1. The van der Waals surface area contributed by atoms with E-state index in [-0.39, 0.29) is 6.04 Å². The Morgan fingerprint density at radius 2 is 2.35 bits per heavy atom. The standard InChI is InChI=1S/C12H18N4O/c1-8-6-10-12(14-7-8)16-11(15-10)9(13)4-3-5-17-2/h6-7,9H,3-5,13H2,1-2H3,(H,14,15,16). The summed E-state index contributed by atoms with van der Waals surface area (Å²) in [5.41, 5.74) is 8.85. The number of nitrogens with two attached hydrogens (primary N) is 1. The lowest BCUT2D eigenvalue weighted by Crippen LogP contribution is -2.12. The maximum atomic E-state index is 6.06. The number of nitrogens with one attached hydrogen (secondary N) is 1. The van der Waals surface area contributed by atoms with Crippen LogP contribution in [0.15, 0.2) is 12.3 Å². The van der Waals surface area contributed by atoms with E-state index >= 15 is 0 Å². The van der Waals surface area contributed by atoms with Crippen LogP contribution in [0.5, 0.6) is 0 Å². The molecule has 2 heterocycles. The van der Waals surface area contributed by atoms with Gasteiger partial charge in [0.25, 0.3) is 0 Å². The highest BCUT2D eigenvalue weighted by molar-refractivity contribution is 5.71. The van der Waals surface area contributed by atoms with E-state index < -0.39 is 0 Å². The van der Waals surface area contributed by atoms with Gasteiger partial charge in [-0.1, -0.05) is 0 Å². The minimum Gasteiger partial charge on any atom is -0.385 e. The second kappa shape index (κ2) is 5.25. The molecule has 0 aliphatic carbocycles. The van der Waals surface area contributed by atoms with Gasteiger partial charge in [0.1, 0.15) is 5.82 Å². The van der Waals surface area contributed by atoms with E-state index in [4.69, 9.17) is 10.5 Å². The van der Waals surface area contributed by atoms with Gasteiger partial charge < -0.3 is 15.5 Å². The van der Waals surface area contributed by atoms with Gasteiger partial charge in [0.05, 0.1) is 11.6 Å². The molecule has 92 valence electrons. The summed E-state index contributed by atoms with van der Waals surface area (Å²) < 4.78 is 5.00. The molecule has 0 saturated heterocycles. The lowest BCUT2D eigenvalue weighted by atomic mass is 10.1. The van der Waals surface area contributed by atoms with Gasteiger partial charge >= 0.3 is 0 Å². The first kappa shape index (κ1) is 12.0. The molecule has 2 rings (SSSR count). The molecule has 17 heavy (non-hydrogen) atoms. The molecule has 1 unspecified atom stereocenters. The van der Waals surface area contributed by atoms with Gasteiger partial charge in [-0.2, -0.15) is 0 Å². The van der Waals surface area contributed by atoms with E-state index in [1.54, 1.807) is 7.11 Å². The highest BCUT2D eigenvalue weighted by Crippen LogP contribution is 2.17. The van der Waals surface area contributed by atoms with Crippen molar-refractivity contribution in [3.8, 4) is 0 Å². The SMILES string of the molecule is COCCCC(N)c1nc2ncc(C)cc2[nH]1. The first-order chi connectivity index (χ1) is 8.20. The molecule has 0 aromatic carbocycles. The molecule has 5 nitrogen and oxygen atoms in total. The fraction of sp³-hybridized carbons (Fsp3) is 0.500. The number of H-pyrrole nitrogens is 1. The number of rotatable bonds is 5. The number of pyridine rings is 1. The van der Waals surface area contributed by atoms with Crippen LogP contribution in [0.1, 0.15) is 30.3 Å². The zero-order valence-corrected chi connectivity index (χ0v) is 10.2. The van der Waals surface area contributed by atoms with Crippen LogP contribution in [-0.2, 0) is 4.74 Å². The minimum atomic E-state index is -0.0837. The topological polar surface area (TPSA) is 76.8 Å². The monoisotopic (exact) mass is 234 g/mol. The molecular formula is C12H18N4O. The van der Waals surface area contributed by atoms with Crippen LogP contribution in [0, 0.1) is 6.92 Å². The van der Waals surface area contributed by atoms with Gasteiger partial charge in [0, 0.05) is 19.9 Å². The van der Waals surface area contributed by atoms with E-state index in [1.165, 1.54) is 0 Å². The maximum Gasteiger partial charge on any atom is 0.177 e. The predicted octanol–water partition coefficient (Wildman–Crippen LogP) is 1.69. The molecule has 0 radical (unpaired) electrons. The summed E-state index contributed by atoms with van der Waals surface area (Å²) in [6.07, 6.45) is 3.59. The summed E-state index contributed by atoms with van der Waals surface area (Å²) in [6, 6.07) is 1.94. The number of methoxy groups -OCH3 is 1. The molecular weight excluding hydrogens is 216 g/mol. The van der Waals surface area contributed by atoms with Crippen molar-refractivity contribution in [1.29, 1.82) is 0 Å². The van der Waals surface area contributed by atoms with Crippen molar-refractivity contribution in [3.05, 3.63) is 23.7 Å². The largest absolute Gasteiger partial charge is 0.385 e. The summed E-state index contributed by atoms with van der Waals surface area (Å²) in [5.74, 6) is 0.800. The van der Waals surface area contributed by atoms with E-state index in [0.717, 1.165) is 42.0 Å². The molecule has 0 saturated carbocycles. The average Bonchev–Trinajstić information content (AvgIpc) is 2.72. The van der Waals surface area contributed by atoms with Crippen molar-refractivity contribution in [1.82, 2.24) is 15.0 Å². The predicted molar refractivity (Wildman–Crippen MR) is 66.7 cm³/mol. The number of ether oxygens (including phenoxy) is 1. The minimum absolute atomic E-state index is 0.0837. The Hall–Kier alpha value is -1.46. The zero-order chi connectivity index (χ0) is 12.3. The highest BCUT2D eigenvalue weighted by Gasteiger charge is 2.11. The summed E-state index contributed by atoms with van der Waals surface area (Å²) in [4.78, 5) is 11.9. The second-order valence-corrected chi connectivity index (χ2v) is 4.25. The van der Waals surface area contributed by atoms with E-state index in [1.807, 2.05) is 19.2 Å². The Morgan fingerprint density at radius 3 is 3.12 bits per heavy atom. The van der Waals surface area contributed by atoms with Crippen molar-refractivity contribution in [3.63, 3.8) is 0 Å². The molecule has 1 atom stereocenters. The van der Waals surface area contributed by atoms with Crippen molar-refractivity contribution in [2.75, 3.05) is 13.7 Å². The lowest BCUT2D eigenvalue weighted by Gasteiger charge is -2.07. The molecule has 0 bridgehead atoms. The Kier molecular flexibility index (Phi) is 3.71. The number of hydrogen-bond acceptors (Lipinski definition) is 4. The number of hydrogen-bond donors (Lipinski definition) is 2. The number of aryl methyl sites for hydroxylation is 1.